The minimum atomic E-state index is -1.04. The first-order chi connectivity index (χ1) is 12.5. The molecular weight excluding hydrogens is 354 g/mol. The van der Waals surface area contributed by atoms with Crippen LogP contribution >= 0.6 is 11.8 Å². The van der Waals surface area contributed by atoms with E-state index in [1.807, 2.05) is 30.3 Å². The highest BCUT2D eigenvalue weighted by atomic mass is 32.2. The number of aliphatic carboxylic acids is 1. The van der Waals surface area contributed by atoms with Gasteiger partial charge in [0.05, 0.1) is 12.6 Å². The van der Waals surface area contributed by atoms with Crippen molar-refractivity contribution in [2.45, 2.75) is 11.7 Å². The number of carboxylic acid groups (broad SMARTS) is 1. The molecule has 2 aromatic carbocycles. The molecule has 3 N–H and O–H groups in total. The van der Waals surface area contributed by atoms with E-state index in [0.717, 1.165) is 28.5 Å². The quantitative estimate of drug-likeness (QED) is 0.554. The van der Waals surface area contributed by atoms with Gasteiger partial charge >= 0.3 is 5.97 Å². The molecule has 1 saturated heterocycles. The zero-order chi connectivity index (χ0) is 18.5. The molecular formula is C18H15N3O4S. The van der Waals surface area contributed by atoms with Crippen molar-refractivity contribution >= 4 is 35.0 Å². The van der Waals surface area contributed by atoms with Crippen molar-refractivity contribution in [2.75, 3.05) is 0 Å². The number of carbonyl (C=O) groups is 2. The third-order valence-electron chi connectivity index (χ3n) is 3.56. The monoisotopic (exact) mass is 369 g/mol. The molecule has 8 heteroatoms. The molecule has 1 aliphatic heterocycles. The number of thioether (sulfide) groups is 1. The van der Waals surface area contributed by atoms with Gasteiger partial charge in [-0.25, -0.2) is 0 Å². The Bertz CT molecular complexity index is 911. The summed E-state index contributed by atoms with van der Waals surface area (Å²) in [5.41, 5.74) is 2.59. The third-order valence-corrected chi connectivity index (χ3v) is 4.63. The fourth-order valence-electron chi connectivity index (χ4n) is 2.38. The molecule has 1 heterocycles. The predicted octanol–water partition coefficient (Wildman–Crippen LogP) is 2.46. The minimum absolute atomic E-state index is 0.192. The Balaban J connectivity index is 1.71. The van der Waals surface area contributed by atoms with Gasteiger partial charge in [-0.15, -0.1) is 5.10 Å². The second-order valence-electron chi connectivity index (χ2n) is 5.52. The Hall–Kier alpha value is -3.13. The maximum absolute atomic E-state index is 11.6. The number of carboxylic acids is 1. The normalized spacial score (nSPS) is 18.4. The first-order valence-corrected chi connectivity index (χ1v) is 8.59. The SMILES string of the molecule is O=C(O)CC1SC(=NN=Cc2cccc(-c3cccc(O)c3)c2)NC1=O. The Morgan fingerprint density at radius 3 is 2.65 bits per heavy atom. The number of hydrogen-bond acceptors (Lipinski definition) is 6. The van der Waals surface area contributed by atoms with E-state index in [4.69, 9.17) is 5.11 Å². The van der Waals surface area contributed by atoms with E-state index in [-0.39, 0.29) is 23.2 Å². The summed E-state index contributed by atoms with van der Waals surface area (Å²) in [6.07, 6.45) is 1.28. The van der Waals surface area contributed by atoms with Gasteiger partial charge in [0.2, 0.25) is 5.91 Å². The minimum Gasteiger partial charge on any atom is -0.508 e. The number of amides is 1. The van der Waals surface area contributed by atoms with Crippen LogP contribution in [-0.2, 0) is 9.59 Å². The van der Waals surface area contributed by atoms with E-state index in [0.29, 0.717) is 0 Å². The van der Waals surface area contributed by atoms with E-state index in [1.54, 1.807) is 18.2 Å². The van der Waals surface area contributed by atoms with E-state index >= 15 is 0 Å². The number of benzene rings is 2. The molecule has 0 saturated carbocycles. The van der Waals surface area contributed by atoms with Gasteiger partial charge in [-0.2, -0.15) is 5.10 Å². The molecule has 0 radical (unpaired) electrons. The molecule has 132 valence electrons. The number of aromatic hydroxyl groups is 1. The summed E-state index contributed by atoms with van der Waals surface area (Å²) in [5, 5.41) is 28.3. The molecule has 26 heavy (non-hydrogen) atoms. The van der Waals surface area contributed by atoms with E-state index in [1.165, 1.54) is 6.21 Å². The molecule has 0 aliphatic carbocycles. The summed E-state index contributed by atoms with van der Waals surface area (Å²) in [7, 11) is 0. The second-order valence-corrected chi connectivity index (χ2v) is 6.71. The molecule has 1 amide bonds. The van der Waals surface area contributed by atoms with Crippen LogP contribution in [0.1, 0.15) is 12.0 Å². The van der Waals surface area contributed by atoms with Gasteiger partial charge in [0.25, 0.3) is 0 Å². The fourth-order valence-corrected chi connectivity index (χ4v) is 3.29. The molecule has 7 nitrogen and oxygen atoms in total. The van der Waals surface area contributed by atoms with Gasteiger partial charge in [0.1, 0.15) is 11.0 Å². The average molecular weight is 369 g/mol. The van der Waals surface area contributed by atoms with Crippen LogP contribution in [0.15, 0.2) is 58.7 Å². The Labute approximate surface area is 153 Å². The first kappa shape index (κ1) is 17.7. The fraction of sp³-hybridized carbons (Fsp3) is 0.111. The maximum Gasteiger partial charge on any atom is 0.305 e. The summed E-state index contributed by atoms with van der Waals surface area (Å²) in [4.78, 5) is 22.3. The summed E-state index contributed by atoms with van der Waals surface area (Å²) in [5.74, 6) is -1.22. The van der Waals surface area contributed by atoms with Crippen LogP contribution in [0, 0.1) is 0 Å². The standard InChI is InChI=1S/C18H15N3O4S/c22-14-6-2-5-13(8-14)12-4-1-3-11(7-12)10-19-21-18-20-17(25)15(26-18)9-16(23)24/h1-8,10,15,22H,9H2,(H,23,24)(H,20,21,25). The van der Waals surface area contributed by atoms with Gasteiger partial charge in [-0.1, -0.05) is 42.1 Å². The number of nitrogens with zero attached hydrogens (tertiary/aromatic N) is 2. The lowest BCUT2D eigenvalue weighted by Crippen LogP contribution is -2.26. The maximum atomic E-state index is 11.6. The highest BCUT2D eigenvalue weighted by molar-refractivity contribution is 8.15. The van der Waals surface area contributed by atoms with Gasteiger partial charge in [-0.3, -0.25) is 9.59 Å². The van der Waals surface area contributed by atoms with Crippen LogP contribution in [0.25, 0.3) is 11.1 Å². The summed E-state index contributed by atoms with van der Waals surface area (Å²) in [6, 6.07) is 14.5. The van der Waals surface area contributed by atoms with Crippen molar-refractivity contribution in [1.29, 1.82) is 0 Å². The summed E-state index contributed by atoms with van der Waals surface area (Å²) in [6.45, 7) is 0. The number of hydrogen-bond donors (Lipinski definition) is 3. The largest absolute Gasteiger partial charge is 0.508 e. The van der Waals surface area contributed by atoms with Gasteiger partial charge < -0.3 is 15.5 Å². The number of phenolic OH excluding ortho intramolecular Hbond substituents is 1. The topological polar surface area (TPSA) is 111 Å². The highest BCUT2D eigenvalue weighted by Crippen LogP contribution is 2.24. The van der Waals surface area contributed by atoms with Gasteiger partial charge in [-0.05, 0) is 34.9 Å². The van der Waals surface area contributed by atoms with Crippen molar-refractivity contribution in [1.82, 2.24) is 5.32 Å². The molecule has 0 bridgehead atoms. The Morgan fingerprint density at radius 2 is 1.92 bits per heavy atom. The first-order valence-electron chi connectivity index (χ1n) is 7.71. The van der Waals surface area contributed by atoms with Crippen molar-refractivity contribution in [3.63, 3.8) is 0 Å². The number of phenols is 1. The second kappa shape index (κ2) is 7.83. The van der Waals surface area contributed by atoms with Crippen molar-refractivity contribution < 1.29 is 19.8 Å². The van der Waals surface area contributed by atoms with Crippen LogP contribution in [-0.4, -0.2) is 38.7 Å². The van der Waals surface area contributed by atoms with E-state index in [2.05, 4.69) is 15.5 Å². The average Bonchev–Trinajstić information content (AvgIpc) is 2.94. The zero-order valence-electron chi connectivity index (χ0n) is 13.5. The lowest BCUT2D eigenvalue weighted by atomic mass is 10.0. The predicted molar refractivity (Wildman–Crippen MR) is 100 cm³/mol. The molecule has 2 aromatic rings. The zero-order valence-corrected chi connectivity index (χ0v) is 14.3. The van der Waals surface area contributed by atoms with Gasteiger partial charge in [0.15, 0.2) is 5.17 Å². The smallest absolute Gasteiger partial charge is 0.305 e. The molecule has 0 spiro atoms. The molecule has 1 unspecified atom stereocenters. The van der Waals surface area contributed by atoms with Crippen LogP contribution in [0.2, 0.25) is 0 Å². The van der Waals surface area contributed by atoms with Crippen molar-refractivity contribution in [2.24, 2.45) is 10.2 Å². The molecule has 1 aliphatic rings. The molecule has 0 aromatic heterocycles. The molecule has 3 rings (SSSR count). The number of carbonyl (C=O) groups excluding carboxylic acids is 1. The number of amidine groups is 1. The Morgan fingerprint density at radius 1 is 1.19 bits per heavy atom. The lowest BCUT2D eigenvalue weighted by molar-refractivity contribution is -0.138. The van der Waals surface area contributed by atoms with E-state index < -0.39 is 11.2 Å². The third kappa shape index (κ3) is 4.48. The van der Waals surface area contributed by atoms with Crippen LogP contribution in [0.5, 0.6) is 5.75 Å². The van der Waals surface area contributed by atoms with Crippen LogP contribution in [0.4, 0.5) is 0 Å². The number of nitrogens with one attached hydrogen (secondary N) is 1. The highest BCUT2D eigenvalue weighted by Gasteiger charge is 2.32. The number of rotatable bonds is 5. The van der Waals surface area contributed by atoms with Gasteiger partial charge in [0, 0.05) is 0 Å². The van der Waals surface area contributed by atoms with E-state index in [9.17, 15) is 14.7 Å². The Kier molecular flexibility index (Phi) is 5.33. The van der Waals surface area contributed by atoms with Crippen molar-refractivity contribution in [3.05, 3.63) is 54.1 Å². The molecule has 1 fully saturated rings. The summed E-state index contributed by atoms with van der Waals surface area (Å²) >= 11 is 1.05. The lowest BCUT2D eigenvalue weighted by Gasteiger charge is -2.03. The van der Waals surface area contributed by atoms with Crippen LogP contribution < -0.4 is 5.32 Å². The molecule has 1 atom stereocenters. The summed E-state index contributed by atoms with van der Waals surface area (Å²) < 4.78 is 0. The van der Waals surface area contributed by atoms with Crippen molar-refractivity contribution in [3.8, 4) is 16.9 Å². The van der Waals surface area contributed by atoms with Crippen LogP contribution in [0.3, 0.4) is 0 Å².